The van der Waals surface area contributed by atoms with Gasteiger partial charge in [0.1, 0.15) is 11.8 Å². The summed E-state index contributed by atoms with van der Waals surface area (Å²) in [6.45, 7) is 2.86. The summed E-state index contributed by atoms with van der Waals surface area (Å²) in [7, 11) is 0. The van der Waals surface area contributed by atoms with E-state index in [1.165, 1.54) is 13.8 Å². The van der Waals surface area contributed by atoms with E-state index in [2.05, 4.69) is 15.6 Å². The standard InChI is InChI=1S/C6H12ClFN4/c1-6(2,8)3-10-4(7)12-5(9)11-3/h3-4,10H,1-2H3,(H3,9,11,12). The van der Waals surface area contributed by atoms with Gasteiger partial charge in [-0.3, -0.25) is 5.32 Å². The number of nitrogens with two attached hydrogens (primary N) is 1. The molecule has 1 rings (SSSR count). The van der Waals surface area contributed by atoms with Crippen LogP contribution in [-0.4, -0.2) is 23.4 Å². The van der Waals surface area contributed by atoms with E-state index in [0.29, 0.717) is 0 Å². The largest absolute Gasteiger partial charge is 0.370 e. The Labute approximate surface area is 75.4 Å². The Morgan fingerprint density at radius 3 is 2.67 bits per heavy atom. The van der Waals surface area contributed by atoms with Gasteiger partial charge in [-0.25, -0.2) is 9.38 Å². The molecule has 0 saturated heterocycles. The van der Waals surface area contributed by atoms with Crippen LogP contribution in [0.15, 0.2) is 4.99 Å². The molecule has 0 radical (unpaired) electrons. The van der Waals surface area contributed by atoms with Crippen LogP contribution in [0.1, 0.15) is 13.8 Å². The van der Waals surface area contributed by atoms with Crippen LogP contribution in [-0.2, 0) is 0 Å². The second-order valence-electron chi connectivity index (χ2n) is 3.16. The quantitative estimate of drug-likeness (QED) is 0.410. The highest BCUT2D eigenvalue weighted by atomic mass is 35.5. The molecule has 0 aliphatic carbocycles. The van der Waals surface area contributed by atoms with Gasteiger partial charge >= 0.3 is 0 Å². The third-order valence-electron chi connectivity index (χ3n) is 1.54. The molecular weight excluding hydrogens is 183 g/mol. The Morgan fingerprint density at radius 2 is 2.25 bits per heavy atom. The fraction of sp³-hybridized carbons (Fsp3) is 0.833. The number of hydrogen-bond donors (Lipinski definition) is 3. The SMILES string of the molecule is CC(C)(F)C1NC(N)=NC(Cl)N1. The topological polar surface area (TPSA) is 62.4 Å². The molecule has 0 bridgehead atoms. The number of nitrogens with one attached hydrogen (secondary N) is 2. The second-order valence-corrected chi connectivity index (χ2v) is 3.57. The Kier molecular flexibility index (Phi) is 2.44. The predicted octanol–water partition coefficient (Wildman–Crippen LogP) is 0.0905. The van der Waals surface area contributed by atoms with Gasteiger partial charge in [0.25, 0.3) is 0 Å². The Balaban J connectivity index is 2.68. The molecule has 4 nitrogen and oxygen atoms in total. The highest BCUT2D eigenvalue weighted by Gasteiger charge is 2.33. The molecule has 1 aliphatic heterocycles. The van der Waals surface area contributed by atoms with E-state index in [1.807, 2.05) is 0 Å². The number of aliphatic imine (C=N–C) groups is 1. The van der Waals surface area contributed by atoms with Gasteiger partial charge in [0.15, 0.2) is 11.6 Å². The van der Waals surface area contributed by atoms with Crippen molar-refractivity contribution in [2.45, 2.75) is 31.3 Å². The lowest BCUT2D eigenvalue weighted by Crippen LogP contribution is -2.62. The minimum absolute atomic E-state index is 0.157. The monoisotopic (exact) mass is 194 g/mol. The number of hydrogen-bond acceptors (Lipinski definition) is 4. The van der Waals surface area contributed by atoms with Crippen LogP contribution in [0.3, 0.4) is 0 Å². The van der Waals surface area contributed by atoms with Crippen molar-refractivity contribution in [1.82, 2.24) is 10.6 Å². The van der Waals surface area contributed by atoms with E-state index in [0.717, 1.165) is 0 Å². The summed E-state index contributed by atoms with van der Waals surface area (Å²) in [6, 6.07) is 0. The maximum absolute atomic E-state index is 13.3. The van der Waals surface area contributed by atoms with Crippen molar-refractivity contribution in [2.75, 3.05) is 0 Å². The Hall–Kier alpha value is -0.550. The molecule has 70 valence electrons. The maximum atomic E-state index is 13.3. The first-order valence-electron chi connectivity index (χ1n) is 3.58. The van der Waals surface area contributed by atoms with Gasteiger partial charge in [-0.05, 0) is 13.8 Å². The van der Waals surface area contributed by atoms with Crippen LogP contribution in [0.2, 0.25) is 0 Å². The lowest BCUT2D eigenvalue weighted by Gasteiger charge is -2.33. The van der Waals surface area contributed by atoms with Crippen LogP contribution >= 0.6 is 11.6 Å². The lowest BCUT2D eigenvalue weighted by atomic mass is 10.1. The summed E-state index contributed by atoms with van der Waals surface area (Å²) in [4.78, 5) is 3.72. The second kappa shape index (κ2) is 3.06. The Morgan fingerprint density at radius 1 is 1.67 bits per heavy atom. The maximum Gasteiger partial charge on any atom is 0.192 e. The summed E-state index contributed by atoms with van der Waals surface area (Å²) in [5.41, 5.74) is 3.26. The number of alkyl halides is 2. The first-order valence-corrected chi connectivity index (χ1v) is 4.02. The van der Waals surface area contributed by atoms with Gasteiger partial charge in [0.05, 0.1) is 0 Å². The number of halogens is 2. The first-order chi connectivity index (χ1) is 5.39. The number of guanidine groups is 1. The predicted molar refractivity (Wildman–Crippen MR) is 46.5 cm³/mol. The van der Waals surface area contributed by atoms with Gasteiger partial charge in [0.2, 0.25) is 0 Å². The van der Waals surface area contributed by atoms with Gasteiger partial charge in [-0.2, -0.15) is 0 Å². The molecule has 0 aromatic heterocycles. The molecule has 1 heterocycles. The molecule has 0 fully saturated rings. The number of rotatable bonds is 1. The van der Waals surface area contributed by atoms with Crippen LogP contribution in [0, 0.1) is 0 Å². The average molecular weight is 195 g/mol. The van der Waals surface area contributed by atoms with E-state index in [1.54, 1.807) is 0 Å². The van der Waals surface area contributed by atoms with Gasteiger partial charge in [0, 0.05) is 0 Å². The summed E-state index contributed by atoms with van der Waals surface area (Å²) in [5, 5.41) is 5.34. The van der Waals surface area contributed by atoms with Crippen molar-refractivity contribution in [3.05, 3.63) is 0 Å². The molecule has 0 saturated carbocycles. The molecular formula is C6H12ClFN4. The molecule has 4 N–H and O–H groups in total. The smallest absolute Gasteiger partial charge is 0.192 e. The zero-order valence-corrected chi connectivity index (χ0v) is 7.69. The highest BCUT2D eigenvalue weighted by molar-refractivity contribution is 6.20. The third kappa shape index (κ3) is 2.22. The first kappa shape index (κ1) is 9.54. The molecule has 0 aromatic rings. The zero-order valence-electron chi connectivity index (χ0n) is 6.94. The molecule has 0 amide bonds. The molecule has 6 heteroatoms. The lowest BCUT2D eigenvalue weighted by molar-refractivity contribution is 0.132. The van der Waals surface area contributed by atoms with Crippen molar-refractivity contribution in [2.24, 2.45) is 10.7 Å². The fourth-order valence-corrected chi connectivity index (χ4v) is 1.12. The number of nitrogens with zero attached hydrogens (tertiary/aromatic N) is 1. The molecule has 0 spiro atoms. The van der Waals surface area contributed by atoms with Crippen LogP contribution < -0.4 is 16.4 Å². The van der Waals surface area contributed by atoms with E-state index in [9.17, 15) is 4.39 Å². The van der Waals surface area contributed by atoms with Gasteiger partial charge in [-0.15, -0.1) is 0 Å². The minimum atomic E-state index is -1.44. The third-order valence-corrected chi connectivity index (χ3v) is 1.76. The average Bonchev–Trinajstić information content (AvgIpc) is 1.82. The molecule has 2 unspecified atom stereocenters. The Bertz CT molecular complexity index is 200. The van der Waals surface area contributed by atoms with Crippen LogP contribution in [0.4, 0.5) is 4.39 Å². The van der Waals surface area contributed by atoms with Crippen molar-refractivity contribution in [3.8, 4) is 0 Å². The summed E-state index contributed by atoms with van der Waals surface area (Å²) in [5.74, 6) is 0.157. The van der Waals surface area contributed by atoms with E-state index < -0.39 is 17.5 Å². The van der Waals surface area contributed by atoms with Crippen molar-refractivity contribution >= 4 is 17.6 Å². The van der Waals surface area contributed by atoms with E-state index in [4.69, 9.17) is 17.3 Å². The van der Waals surface area contributed by atoms with E-state index in [-0.39, 0.29) is 5.96 Å². The summed E-state index contributed by atoms with van der Waals surface area (Å²) < 4.78 is 13.3. The molecule has 12 heavy (non-hydrogen) atoms. The van der Waals surface area contributed by atoms with Crippen molar-refractivity contribution < 1.29 is 4.39 Å². The van der Waals surface area contributed by atoms with Gasteiger partial charge in [-0.1, -0.05) is 11.6 Å². The minimum Gasteiger partial charge on any atom is -0.370 e. The highest BCUT2D eigenvalue weighted by Crippen LogP contribution is 2.15. The fourth-order valence-electron chi connectivity index (χ4n) is 0.894. The van der Waals surface area contributed by atoms with E-state index >= 15 is 0 Å². The van der Waals surface area contributed by atoms with Crippen LogP contribution in [0.5, 0.6) is 0 Å². The zero-order chi connectivity index (χ0) is 9.35. The van der Waals surface area contributed by atoms with Crippen molar-refractivity contribution in [3.63, 3.8) is 0 Å². The molecule has 1 aliphatic rings. The normalized spacial score (nSPS) is 30.8. The van der Waals surface area contributed by atoms with Crippen LogP contribution in [0.25, 0.3) is 0 Å². The summed E-state index contributed by atoms with van der Waals surface area (Å²) in [6.07, 6.45) is -0.600. The molecule has 2 atom stereocenters. The van der Waals surface area contributed by atoms with Crippen molar-refractivity contribution in [1.29, 1.82) is 0 Å². The molecule has 0 aromatic carbocycles. The summed E-state index contributed by atoms with van der Waals surface area (Å²) >= 11 is 5.63. The van der Waals surface area contributed by atoms with Gasteiger partial charge < -0.3 is 11.1 Å².